The van der Waals surface area contributed by atoms with Crippen LogP contribution in [0.4, 0.5) is 0 Å². The molecule has 0 saturated heterocycles. The van der Waals surface area contributed by atoms with Gasteiger partial charge in [0.2, 0.25) is 5.78 Å². The molecule has 0 radical (unpaired) electrons. The summed E-state index contributed by atoms with van der Waals surface area (Å²) in [4.78, 5) is 16.3. The molecule has 0 bridgehead atoms. The minimum Gasteiger partial charge on any atom is -0.287 e. The highest BCUT2D eigenvalue weighted by Crippen LogP contribution is 2.17. The molecule has 3 rings (SSSR count). The number of pyridine rings is 1. The maximum Gasteiger partial charge on any atom is 0.216 e. The molecule has 0 atom stereocenters. The van der Waals surface area contributed by atoms with Crippen LogP contribution in [0.5, 0.6) is 0 Å². The first-order chi connectivity index (χ1) is 10.2. The van der Waals surface area contributed by atoms with E-state index in [2.05, 4.69) is 10.1 Å². The van der Waals surface area contributed by atoms with Gasteiger partial charge < -0.3 is 0 Å². The van der Waals surface area contributed by atoms with Gasteiger partial charge in [0.05, 0.1) is 17.1 Å². The lowest BCUT2D eigenvalue weighted by Crippen LogP contribution is -2.06. The molecule has 4 nitrogen and oxygen atoms in total. The van der Waals surface area contributed by atoms with E-state index in [9.17, 15) is 4.79 Å². The summed E-state index contributed by atoms with van der Waals surface area (Å²) in [5.41, 5.74) is 1.85. The van der Waals surface area contributed by atoms with Crippen LogP contribution in [-0.4, -0.2) is 20.5 Å². The van der Waals surface area contributed by atoms with Gasteiger partial charge in [-0.15, -0.1) is 0 Å². The highest BCUT2D eigenvalue weighted by Gasteiger charge is 2.15. The Morgan fingerprint density at radius 1 is 1.14 bits per heavy atom. The van der Waals surface area contributed by atoms with Gasteiger partial charge in [0, 0.05) is 18.6 Å². The number of benzene rings is 1. The molecule has 2 aromatic heterocycles. The fourth-order valence-electron chi connectivity index (χ4n) is 2.02. The zero-order valence-electron chi connectivity index (χ0n) is 11.1. The molecule has 0 spiro atoms. The largest absolute Gasteiger partial charge is 0.287 e. The van der Waals surface area contributed by atoms with Gasteiger partial charge in [-0.1, -0.05) is 41.9 Å². The summed E-state index contributed by atoms with van der Waals surface area (Å²) >= 11 is 6.01. The summed E-state index contributed by atoms with van der Waals surface area (Å²) < 4.78 is 1.73. The lowest BCUT2D eigenvalue weighted by molar-refractivity contribution is 0.103. The number of ketones is 1. The van der Waals surface area contributed by atoms with Gasteiger partial charge in [-0.2, -0.15) is 5.10 Å². The minimum atomic E-state index is -0.222. The number of hydrogen-bond acceptors (Lipinski definition) is 3. The number of aromatic nitrogens is 3. The highest BCUT2D eigenvalue weighted by molar-refractivity contribution is 6.34. The van der Waals surface area contributed by atoms with Gasteiger partial charge in [-0.05, 0) is 17.7 Å². The second-order valence-electron chi connectivity index (χ2n) is 4.57. The molecule has 104 valence electrons. The third kappa shape index (κ3) is 3.01. The van der Waals surface area contributed by atoms with Crippen LogP contribution in [0.25, 0.3) is 0 Å². The molecule has 5 heteroatoms. The lowest BCUT2D eigenvalue weighted by Gasteiger charge is -2.02. The molecule has 0 amide bonds. The first-order valence-corrected chi connectivity index (χ1v) is 6.83. The SMILES string of the molecule is O=C(c1ccn(Cc2ccccc2)n1)c1cnccc1Cl. The predicted octanol–water partition coefficient (Wildman–Crippen LogP) is 3.21. The van der Waals surface area contributed by atoms with E-state index in [1.54, 1.807) is 29.2 Å². The van der Waals surface area contributed by atoms with Crippen molar-refractivity contribution in [2.45, 2.75) is 6.54 Å². The smallest absolute Gasteiger partial charge is 0.216 e. The minimum absolute atomic E-state index is 0.222. The predicted molar refractivity (Wildman–Crippen MR) is 80.5 cm³/mol. The Balaban J connectivity index is 1.82. The molecule has 21 heavy (non-hydrogen) atoms. The van der Waals surface area contributed by atoms with E-state index in [-0.39, 0.29) is 5.78 Å². The average molecular weight is 298 g/mol. The van der Waals surface area contributed by atoms with Crippen molar-refractivity contribution in [3.05, 3.63) is 82.9 Å². The molecule has 0 saturated carbocycles. The second-order valence-corrected chi connectivity index (χ2v) is 4.98. The summed E-state index contributed by atoms with van der Waals surface area (Å²) in [6.45, 7) is 0.620. The lowest BCUT2D eigenvalue weighted by atomic mass is 10.1. The van der Waals surface area contributed by atoms with Crippen LogP contribution in [0.2, 0.25) is 5.02 Å². The fraction of sp³-hybridized carbons (Fsp3) is 0.0625. The van der Waals surface area contributed by atoms with Gasteiger partial charge in [-0.3, -0.25) is 14.5 Å². The maximum atomic E-state index is 12.3. The Labute approximate surface area is 127 Å². The molecule has 0 unspecified atom stereocenters. The van der Waals surface area contributed by atoms with Crippen molar-refractivity contribution in [3.63, 3.8) is 0 Å². The Bertz CT molecular complexity index is 768. The number of carbonyl (C=O) groups is 1. The van der Waals surface area contributed by atoms with E-state index in [0.717, 1.165) is 5.56 Å². The molecule has 0 aliphatic heterocycles. The first-order valence-electron chi connectivity index (χ1n) is 6.45. The molecule has 0 aliphatic rings. The Hall–Kier alpha value is -2.46. The van der Waals surface area contributed by atoms with E-state index in [1.807, 2.05) is 30.3 Å². The molecule has 2 heterocycles. The van der Waals surface area contributed by atoms with Crippen molar-refractivity contribution in [1.82, 2.24) is 14.8 Å². The second kappa shape index (κ2) is 5.89. The fourth-order valence-corrected chi connectivity index (χ4v) is 2.21. The molecule has 0 fully saturated rings. The summed E-state index contributed by atoms with van der Waals surface area (Å²) in [6.07, 6.45) is 4.79. The van der Waals surface area contributed by atoms with Gasteiger partial charge >= 0.3 is 0 Å². The van der Waals surface area contributed by atoms with Gasteiger partial charge in [0.15, 0.2) is 0 Å². The average Bonchev–Trinajstić information content (AvgIpc) is 2.97. The van der Waals surface area contributed by atoms with Crippen molar-refractivity contribution >= 4 is 17.4 Å². The van der Waals surface area contributed by atoms with Crippen LogP contribution in [0.1, 0.15) is 21.6 Å². The highest BCUT2D eigenvalue weighted by atomic mass is 35.5. The molecule has 3 aromatic rings. The van der Waals surface area contributed by atoms with Crippen LogP contribution >= 0.6 is 11.6 Å². The topological polar surface area (TPSA) is 47.8 Å². The van der Waals surface area contributed by atoms with Crippen LogP contribution < -0.4 is 0 Å². The van der Waals surface area contributed by atoms with E-state index < -0.39 is 0 Å². The van der Waals surface area contributed by atoms with E-state index in [1.165, 1.54) is 6.20 Å². The quantitative estimate of drug-likeness (QED) is 0.695. The third-order valence-corrected chi connectivity index (χ3v) is 3.40. The standard InChI is InChI=1S/C16H12ClN3O/c17-14-6-8-18-10-13(14)16(21)15-7-9-20(19-15)11-12-4-2-1-3-5-12/h1-10H,11H2. The Morgan fingerprint density at radius 2 is 1.95 bits per heavy atom. The van der Waals surface area contributed by atoms with Gasteiger partial charge in [-0.25, -0.2) is 0 Å². The van der Waals surface area contributed by atoms with Crippen molar-refractivity contribution in [3.8, 4) is 0 Å². The van der Waals surface area contributed by atoms with Crippen molar-refractivity contribution in [1.29, 1.82) is 0 Å². The number of rotatable bonds is 4. The summed E-state index contributed by atoms with van der Waals surface area (Å²) in [5.74, 6) is -0.222. The summed E-state index contributed by atoms with van der Waals surface area (Å²) in [6, 6.07) is 13.2. The molecule has 0 aliphatic carbocycles. The van der Waals surface area contributed by atoms with Crippen molar-refractivity contribution in [2.75, 3.05) is 0 Å². The normalized spacial score (nSPS) is 10.5. The third-order valence-electron chi connectivity index (χ3n) is 3.07. The van der Waals surface area contributed by atoms with E-state index in [0.29, 0.717) is 22.8 Å². The summed E-state index contributed by atoms with van der Waals surface area (Å²) in [5, 5.41) is 4.69. The monoisotopic (exact) mass is 297 g/mol. The maximum absolute atomic E-state index is 12.3. The number of carbonyl (C=O) groups excluding carboxylic acids is 1. The Kier molecular flexibility index (Phi) is 3.79. The molecule has 0 N–H and O–H groups in total. The molecule has 1 aromatic carbocycles. The zero-order valence-corrected chi connectivity index (χ0v) is 11.9. The molecular formula is C16H12ClN3O. The van der Waals surface area contributed by atoms with E-state index >= 15 is 0 Å². The summed E-state index contributed by atoms with van der Waals surface area (Å²) in [7, 11) is 0. The van der Waals surface area contributed by atoms with Gasteiger partial charge in [0.25, 0.3) is 0 Å². The number of hydrogen-bond donors (Lipinski definition) is 0. The number of halogens is 1. The van der Waals surface area contributed by atoms with Crippen LogP contribution in [0.3, 0.4) is 0 Å². The van der Waals surface area contributed by atoms with Crippen LogP contribution in [0, 0.1) is 0 Å². The van der Waals surface area contributed by atoms with Crippen molar-refractivity contribution in [2.24, 2.45) is 0 Å². The van der Waals surface area contributed by atoms with E-state index in [4.69, 9.17) is 11.6 Å². The number of nitrogens with zero attached hydrogens (tertiary/aromatic N) is 3. The molecular weight excluding hydrogens is 286 g/mol. The first kappa shape index (κ1) is 13.5. The Morgan fingerprint density at radius 3 is 2.71 bits per heavy atom. The van der Waals surface area contributed by atoms with Gasteiger partial charge in [0.1, 0.15) is 5.69 Å². The van der Waals surface area contributed by atoms with Crippen molar-refractivity contribution < 1.29 is 4.79 Å². The van der Waals surface area contributed by atoms with Crippen LogP contribution in [0.15, 0.2) is 61.1 Å². The zero-order chi connectivity index (χ0) is 14.7. The van der Waals surface area contributed by atoms with Crippen LogP contribution in [-0.2, 0) is 6.54 Å².